The summed E-state index contributed by atoms with van der Waals surface area (Å²) >= 11 is 0. The maximum Gasteiger partial charge on any atom is 0.274 e. The Morgan fingerprint density at radius 2 is 2.05 bits per heavy atom. The van der Waals surface area contributed by atoms with Gasteiger partial charge in [0.1, 0.15) is 5.69 Å². The molecule has 100 valence electrons. The minimum absolute atomic E-state index is 0.122. The molecule has 0 spiro atoms. The van der Waals surface area contributed by atoms with Gasteiger partial charge in [-0.15, -0.1) is 0 Å². The predicted octanol–water partition coefficient (Wildman–Crippen LogP) is 2.85. The van der Waals surface area contributed by atoms with E-state index >= 15 is 0 Å². The Labute approximate surface area is 113 Å². The van der Waals surface area contributed by atoms with Crippen LogP contribution in [0.3, 0.4) is 0 Å². The molecule has 4 heteroatoms. The molecular formula is C15H19N3O. The first-order chi connectivity index (χ1) is 9.02. The Balaban J connectivity index is 2.24. The van der Waals surface area contributed by atoms with Crippen molar-refractivity contribution in [3.8, 4) is 0 Å². The van der Waals surface area contributed by atoms with Gasteiger partial charge in [-0.25, -0.2) is 0 Å². The van der Waals surface area contributed by atoms with E-state index in [-0.39, 0.29) is 5.91 Å². The number of rotatable bonds is 3. The van der Waals surface area contributed by atoms with Crippen LogP contribution < -0.4 is 5.32 Å². The van der Waals surface area contributed by atoms with Crippen LogP contribution in [0, 0.1) is 13.8 Å². The van der Waals surface area contributed by atoms with E-state index in [0.717, 1.165) is 17.7 Å². The third-order valence-electron chi connectivity index (χ3n) is 3.32. The molecule has 1 heterocycles. The Morgan fingerprint density at radius 3 is 2.63 bits per heavy atom. The highest BCUT2D eigenvalue weighted by atomic mass is 16.2. The van der Waals surface area contributed by atoms with Gasteiger partial charge < -0.3 is 5.32 Å². The molecule has 0 atom stereocenters. The summed E-state index contributed by atoms with van der Waals surface area (Å²) in [6.07, 6.45) is 2.65. The molecule has 0 unspecified atom stereocenters. The Morgan fingerprint density at radius 1 is 1.32 bits per heavy atom. The van der Waals surface area contributed by atoms with Crippen LogP contribution in [0.15, 0.2) is 24.4 Å². The fraction of sp³-hybridized carbons (Fsp3) is 0.333. The van der Waals surface area contributed by atoms with Gasteiger partial charge in [0.2, 0.25) is 0 Å². The molecule has 0 bridgehead atoms. The lowest BCUT2D eigenvalue weighted by atomic mass is 10.1. The van der Waals surface area contributed by atoms with E-state index in [0.29, 0.717) is 5.69 Å². The summed E-state index contributed by atoms with van der Waals surface area (Å²) in [4.78, 5) is 12.2. The Bertz CT molecular complexity index is 594. The summed E-state index contributed by atoms with van der Waals surface area (Å²) in [6, 6.07) is 5.99. The highest BCUT2D eigenvalue weighted by Crippen LogP contribution is 2.17. The third kappa shape index (κ3) is 2.67. The second kappa shape index (κ2) is 5.26. The molecule has 0 saturated carbocycles. The number of carbonyl (C=O) groups excluding carboxylic acids is 1. The van der Waals surface area contributed by atoms with Crippen LogP contribution in [0.5, 0.6) is 0 Å². The molecule has 0 fully saturated rings. The third-order valence-corrected chi connectivity index (χ3v) is 3.32. The largest absolute Gasteiger partial charge is 0.321 e. The fourth-order valence-corrected chi connectivity index (χ4v) is 2.19. The number of carbonyl (C=O) groups is 1. The summed E-state index contributed by atoms with van der Waals surface area (Å²) < 4.78 is 1.60. The average molecular weight is 257 g/mol. The van der Waals surface area contributed by atoms with Crippen LogP contribution in [0.4, 0.5) is 5.69 Å². The van der Waals surface area contributed by atoms with E-state index in [4.69, 9.17) is 0 Å². The van der Waals surface area contributed by atoms with Gasteiger partial charge in [-0.1, -0.05) is 13.0 Å². The molecule has 0 aliphatic carbocycles. The van der Waals surface area contributed by atoms with E-state index in [1.54, 1.807) is 17.9 Å². The van der Waals surface area contributed by atoms with E-state index in [1.165, 1.54) is 11.1 Å². The molecule has 1 N–H and O–H groups in total. The molecule has 0 aliphatic rings. The number of nitrogens with one attached hydrogen (secondary N) is 1. The van der Waals surface area contributed by atoms with E-state index < -0.39 is 0 Å². The number of anilines is 1. The van der Waals surface area contributed by atoms with Crippen LogP contribution >= 0.6 is 0 Å². The van der Waals surface area contributed by atoms with Gasteiger partial charge in [-0.05, 0) is 49.1 Å². The Hall–Kier alpha value is -2.10. The van der Waals surface area contributed by atoms with Crippen molar-refractivity contribution in [2.75, 3.05) is 5.32 Å². The van der Waals surface area contributed by atoms with Crippen molar-refractivity contribution in [3.63, 3.8) is 0 Å². The Kier molecular flexibility index (Phi) is 3.69. The lowest BCUT2D eigenvalue weighted by Gasteiger charge is -2.09. The van der Waals surface area contributed by atoms with Gasteiger partial charge in [0.15, 0.2) is 0 Å². The van der Waals surface area contributed by atoms with Crippen molar-refractivity contribution in [2.24, 2.45) is 7.05 Å². The number of benzene rings is 1. The topological polar surface area (TPSA) is 46.9 Å². The molecule has 19 heavy (non-hydrogen) atoms. The summed E-state index contributed by atoms with van der Waals surface area (Å²) in [7, 11) is 1.77. The quantitative estimate of drug-likeness (QED) is 0.919. The predicted molar refractivity (Wildman–Crippen MR) is 76.5 cm³/mol. The number of hydrogen-bond acceptors (Lipinski definition) is 2. The van der Waals surface area contributed by atoms with Crippen LogP contribution in [0.1, 0.15) is 34.1 Å². The first-order valence-electron chi connectivity index (χ1n) is 6.42. The van der Waals surface area contributed by atoms with Crippen LogP contribution in [-0.4, -0.2) is 15.7 Å². The van der Waals surface area contributed by atoms with Crippen molar-refractivity contribution >= 4 is 11.6 Å². The summed E-state index contributed by atoms with van der Waals surface area (Å²) in [5, 5.41) is 7.01. The second-order valence-electron chi connectivity index (χ2n) is 4.75. The van der Waals surface area contributed by atoms with E-state index in [1.807, 2.05) is 25.1 Å². The monoisotopic (exact) mass is 257 g/mol. The van der Waals surface area contributed by atoms with Crippen molar-refractivity contribution in [1.29, 1.82) is 0 Å². The van der Waals surface area contributed by atoms with Crippen LogP contribution in [0.25, 0.3) is 0 Å². The van der Waals surface area contributed by atoms with Gasteiger partial charge in [0, 0.05) is 12.7 Å². The smallest absolute Gasteiger partial charge is 0.274 e. The van der Waals surface area contributed by atoms with Crippen LogP contribution in [-0.2, 0) is 13.5 Å². The van der Waals surface area contributed by atoms with Gasteiger partial charge in [0.25, 0.3) is 5.91 Å². The normalized spacial score (nSPS) is 10.5. The highest BCUT2D eigenvalue weighted by Gasteiger charge is 2.14. The molecule has 0 aliphatic heterocycles. The average Bonchev–Trinajstić information content (AvgIpc) is 2.71. The molecule has 0 radical (unpaired) electrons. The molecule has 0 saturated heterocycles. The maximum atomic E-state index is 12.2. The molecule has 2 rings (SSSR count). The second-order valence-corrected chi connectivity index (χ2v) is 4.75. The zero-order valence-corrected chi connectivity index (χ0v) is 11.8. The minimum Gasteiger partial charge on any atom is -0.321 e. The highest BCUT2D eigenvalue weighted by molar-refractivity contribution is 6.04. The van der Waals surface area contributed by atoms with Crippen molar-refractivity contribution < 1.29 is 4.79 Å². The van der Waals surface area contributed by atoms with E-state index in [2.05, 4.69) is 24.3 Å². The van der Waals surface area contributed by atoms with Gasteiger partial charge in [0.05, 0.1) is 6.20 Å². The van der Waals surface area contributed by atoms with Crippen LogP contribution in [0.2, 0.25) is 0 Å². The summed E-state index contributed by atoms with van der Waals surface area (Å²) in [6.45, 7) is 6.07. The van der Waals surface area contributed by atoms with E-state index in [9.17, 15) is 4.79 Å². The zero-order chi connectivity index (χ0) is 14.0. The molecule has 2 aromatic rings. The number of nitrogens with zero attached hydrogens (tertiary/aromatic N) is 2. The zero-order valence-electron chi connectivity index (χ0n) is 11.8. The SMILES string of the molecule is CCc1cc(NC(=O)c2c(C)cnn2C)ccc1C. The summed E-state index contributed by atoms with van der Waals surface area (Å²) in [5.74, 6) is -0.122. The van der Waals surface area contributed by atoms with Gasteiger partial charge in [-0.3, -0.25) is 9.48 Å². The number of aromatic nitrogens is 2. The molecular weight excluding hydrogens is 238 g/mol. The number of aryl methyl sites for hydroxylation is 4. The van der Waals surface area contributed by atoms with Gasteiger partial charge >= 0.3 is 0 Å². The lowest BCUT2D eigenvalue weighted by Crippen LogP contribution is -2.17. The van der Waals surface area contributed by atoms with Crippen molar-refractivity contribution in [1.82, 2.24) is 9.78 Å². The molecule has 1 amide bonds. The minimum atomic E-state index is -0.122. The van der Waals surface area contributed by atoms with Gasteiger partial charge in [-0.2, -0.15) is 5.10 Å². The number of amides is 1. The molecule has 1 aromatic carbocycles. The lowest BCUT2D eigenvalue weighted by molar-refractivity contribution is 0.101. The maximum absolute atomic E-state index is 12.2. The fourth-order valence-electron chi connectivity index (χ4n) is 2.19. The first kappa shape index (κ1) is 13.3. The number of hydrogen-bond donors (Lipinski definition) is 1. The molecule has 4 nitrogen and oxygen atoms in total. The standard InChI is InChI=1S/C15H19N3O/c1-5-12-8-13(7-6-10(12)2)17-15(19)14-11(3)9-16-18(14)4/h6-9H,5H2,1-4H3,(H,17,19). The molecule has 1 aromatic heterocycles. The van der Waals surface area contributed by atoms with Crippen molar-refractivity contribution in [2.45, 2.75) is 27.2 Å². The first-order valence-corrected chi connectivity index (χ1v) is 6.42. The van der Waals surface area contributed by atoms with Crippen molar-refractivity contribution in [3.05, 3.63) is 46.8 Å². The summed E-state index contributed by atoms with van der Waals surface area (Å²) in [5.41, 5.74) is 4.80.